The number of benzene rings is 1. The van der Waals surface area contributed by atoms with Crippen LogP contribution in [0.2, 0.25) is 0 Å². The van der Waals surface area contributed by atoms with Crippen molar-refractivity contribution in [3.8, 4) is 17.0 Å². The van der Waals surface area contributed by atoms with Crippen LogP contribution in [0.15, 0.2) is 24.3 Å². The van der Waals surface area contributed by atoms with Gasteiger partial charge in [-0.05, 0) is 43.9 Å². The minimum Gasteiger partial charge on any atom is -0.507 e. The Hall–Kier alpha value is -2.83. The van der Waals surface area contributed by atoms with Gasteiger partial charge in [-0.15, -0.1) is 0 Å². The van der Waals surface area contributed by atoms with Crippen LogP contribution in [-0.4, -0.2) is 32.9 Å². The average Bonchev–Trinajstić information content (AvgIpc) is 3.23. The minimum absolute atomic E-state index is 0.0173. The van der Waals surface area contributed by atoms with Gasteiger partial charge in [-0.2, -0.15) is 9.78 Å². The van der Waals surface area contributed by atoms with Gasteiger partial charge in [-0.25, -0.2) is 4.79 Å². The molecule has 0 saturated heterocycles. The van der Waals surface area contributed by atoms with E-state index in [4.69, 9.17) is 0 Å². The van der Waals surface area contributed by atoms with Gasteiger partial charge >= 0.3 is 6.03 Å². The lowest BCUT2D eigenvalue weighted by atomic mass is 9.82. The van der Waals surface area contributed by atoms with Gasteiger partial charge in [0.15, 0.2) is 0 Å². The van der Waals surface area contributed by atoms with Crippen molar-refractivity contribution in [3.63, 3.8) is 0 Å². The van der Waals surface area contributed by atoms with E-state index in [-0.39, 0.29) is 23.7 Å². The summed E-state index contributed by atoms with van der Waals surface area (Å²) in [6.45, 7) is 1.41. The van der Waals surface area contributed by atoms with E-state index in [9.17, 15) is 14.7 Å². The van der Waals surface area contributed by atoms with E-state index >= 15 is 0 Å². The lowest BCUT2D eigenvalue weighted by molar-refractivity contribution is -0.114. The summed E-state index contributed by atoms with van der Waals surface area (Å²) >= 11 is 0. The molecule has 7 heteroatoms. The van der Waals surface area contributed by atoms with Crippen LogP contribution in [0.1, 0.15) is 50.6 Å². The number of nitrogens with one attached hydrogen (secondary N) is 2. The topological polar surface area (TPSA) is 96.3 Å². The van der Waals surface area contributed by atoms with Gasteiger partial charge in [0.05, 0.1) is 11.4 Å². The molecule has 26 heavy (non-hydrogen) atoms. The molecular weight excluding hydrogens is 332 g/mol. The second-order valence-corrected chi connectivity index (χ2v) is 7.13. The number of anilines is 1. The number of aromatic hydroxyl groups is 1. The lowest BCUT2D eigenvalue weighted by Gasteiger charge is -2.25. The second kappa shape index (κ2) is 6.48. The predicted molar refractivity (Wildman–Crippen MR) is 97.2 cm³/mol. The first kappa shape index (κ1) is 16.6. The highest BCUT2D eigenvalue weighted by Crippen LogP contribution is 2.39. The Bertz CT molecular complexity index is 866. The maximum absolute atomic E-state index is 12.5. The smallest absolute Gasteiger partial charge is 0.342 e. The number of phenols is 1. The quantitative estimate of drug-likeness (QED) is 0.785. The third-order valence-corrected chi connectivity index (χ3v) is 4.95. The van der Waals surface area contributed by atoms with Crippen LogP contribution in [-0.2, 0) is 4.79 Å². The highest BCUT2D eigenvalue weighted by atomic mass is 16.3. The second-order valence-electron chi connectivity index (χ2n) is 7.13. The largest absolute Gasteiger partial charge is 0.507 e. The van der Waals surface area contributed by atoms with E-state index in [1.165, 1.54) is 17.7 Å². The highest BCUT2D eigenvalue weighted by Gasteiger charge is 2.30. The van der Waals surface area contributed by atoms with Crippen LogP contribution in [0.4, 0.5) is 10.5 Å². The maximum Gasteiger partial charge on any atom is 0.342 e. The summed E-state index contributed by atoms with van der Waals surface area (Å²) in [5, 5.41) is 20.4. The van der Waals surface area contributed by atoms with Crippen molar-refractivity contribution in [2.24, 2.45) is 0 Å². The summed E-state index contributed by atoms with van der Waals surface area (Å²) in [6, 6.07) is 6.86. The number of rotatable bonds is 4. The molecule has 0 radical (unpaired) electrons. The predicted octanol–water partition coefficient (Wildman–Crippen LogP) is 3.20. The van der Waals surface area contributed by atoms with Gasteiger partial charge < -0.3 is 15.7 Å². The monoisotopic (exact) mass is 354 g/mol. The number of carbonyl (C=O) groups excluding carboxylic acids is 2. The lowest BCUT2D eigenvalue weighted by Crippen LogP contribution is -2.33. The molecule has 2 aromatic rings. The number of hydrogen-bond acceptors (Lipinski definition) is 4. The summed E-state index contributed by atoms with van der Waals surface area (Å²) < 4.78 is 1.46. The van der Waals surface area contributed by atoms with Gasteiger partial charge in [0.25, 0.3) is 0 Å². The maximum atomic E-state index is 12.5. The van der Waals surface area contributed by atoms with Gasteiger partial charge in [-0.3, -0.25) is 4.79 Å². The third kappa shape index (κ3) is 3.29. The Kier molecular flexibility index (Phi) is 4.14. The summed E-state index contributed by atoms with van der Waals surface area (Å²) in [5.41, 5.74) is 2.51. The molecule has 2 saturated carbocycles. The van der Waals surface area contributed by atoms with Gasteiger partial charge in [0.2, 0.25) is 5.91 Å². The molecular formula is C19H22N4O3. The normalized spacial score (nSPS) is 16.8. The molecule has 0 unspecified atom stereocenters. The van der Waals surface area contributed by atoms with Crippen molar-refractivity contribution in [1.29, 1.82) is 0 Å². The zero-order chi connectivity index (χ0) is 18.3. The average molecular weight is 354 g/mol. The zero-order valence-electron chi connectivity index (χ0n) is 14.7. The van der Waals surface area contributed by atoms with Crippen molar-refractivity contribution in [3.05, 3.63) is 30.0 Å². The fourth-order valence-corrected chi connectivity index (χ4v) is 3.18. The van der Waals surface area contributed by atoms with Crippen LogP contribution >= 0.6 is 0 Å². The molecule has 0 aliphatic heterocycles. The molecule has 2 amide bonds. The Morgan fingerprint density at radius 1 is 1.19 bits per heavy atom. The minimum atomic E-state index is -0.203. The van der Waals surface area contributed by atoms with E-state index in [2.05, 4.69) is 15.7 Å². The molecule has 1 aromatic heterocycles. The van der Waals surface area contributed by atoms with Gasteiger partial charge in [0, 0.05) is 36.2 Å². The molecule has 3 N–H and O–H groups in total. The molecule has 7 nitrogen and oxygen atoms in total. The van der Waals surface area contributed by atoms with E-state index in [1.54, 1.807) is 12.1 Å². The first-order valence-corrected chi connectivity index (χ1v) is 9.03. The molecule has 0 spiro atoms. The van der Waals surface area contributed by atoms with E-state index < -0.39 is 0 Å². The Balaban J connectivity index is 1.66. The van der Waals surface area contributed by atoms with Crippen LogP contribution < -0.4 is 10.6 Å². The SMILES string of the molecule is CC(=O)Nc1ccc(-c2cc(C3CCC3)n(C(=O)NC3CC3)n2)c(O)c1. The molecule has 0 bridgehead atoms. The first-order chi connectivity index (χ1) is 12.5. The molecule has 4 rings (SSSR count). The van der Waals surface area contributed by atoms with E-state index in [1.807, 2.05) is 6.07 Å². The third-order valence-electron chi connectivity index (χ3n) is 4.95. The fourth-order valence-electron chi connectivity index (χ4n) is 3.18. The van der Waals surface area contributed by atoms with Crippen LogP contribution in [0, 0.1) is 0 Å². The summed E-state index contributed by atoms with van der Waals surface area (Å²) in [4.78, 5) is 23.7. The summed E-state index contributed by atoms with van der Waals surface area (Å²) in [7, 11) is 0. The molecule has 136 valence electrons. The molecule has 1 heterocycles. The van der Waals surface area contributed by atoms with Crippen LogP contribution in [0.5, 0.6) is 5.75 Å². The molecule has 2 aliphatic rings. The standard InChI is InChI=1S/C19H22N4O3/c1-11(24)20-14-7-8-15(18(25)9-14)16-10-17(12-3-2-4-12)23(22-16)19(26)21-13-5-6-13/h7-10,12-13,25H,2-6H2,1H3,(H,20,24)(H,21,26). The van der Waals surface area contributed by atoms with E-state index in [0.717, 1.165) is 37.8 Å². The van der Waals surface area contributed by atoms with Crippen molar-refractivity contribution in [1.82, 2.24) is 15.1 Å². The van der Waals surface area contributed by atoms with Crippen molar-refractivity contribution in [2.75, 3.05) is 5.32 Å². The van der Waals surface area contributed by atoms with Gasteiger partial charge in [-0.1, -0.05) is 6.42 Å². The number of hydrogen-bond donors (Lipinski definition) is 3. The number of carbonyl (C=O) groups is 2. The molecule has 2 fully saturated rings. The highest BCUT2D eigenvalue weighted by molar-refractivity contribution is 5.89. The number of amides is 2. The van der Waals surface area contributed by atoms with Crippen LogP contribution in [0.3, 0.4) is 0 Å². The summed E-state index contributed by atoms with van der Waals surface area (Å²) in [5.74, 6) is 0.149. The Morgan fingerprint density at radius 3 is 2.54 bits per heavy atom. The number of nitrogens with zero attached hydrogens (tertiary/aromatic N) is 2. The first-order valence-electron chi connectivity index (χ1n) is 9.03. The number of aromatic nitrogens is 2. The summed E-state index contributed by atoms with van der Waals surface area (Å²) in [6.07, 6.45) is 5.30. The van der Waals surface area contributed by atoms with Crippen molar-refractivity contribution in [2.45, 2.75) is 51.0 Å². The van der Waals surface area contributed by atoms with Crippen LogP contribution in [0.25, 0.3) is 11.3 Å². The Labute approximate surface area is 151 Å². The number of phenolic OH excluding ortho intramolecular Hbond substituents is 1. The molecule has 1 aromatic carbocycles. The Morgan fingerprint density at radius 2 is 1.96 bits per heavy atom. The molecule has 2 aliphatic carbocycles. The zero-order valence-corrected chi connectivity index (χ0v) is 14.7. The van der Waals surface area contributed by atoms with Crippen molar-refractivity contribution < 1.29 is 14.7 Å². The van der Waals surface area contributed by atoms with Gasteiger partial charge in [0.1, 0.15) is 5.75 Å². The van der Waals surface area contributed by atoms with E-state index in [0.29, 0.717) is 22.9 Å². The fraction of sp³-hybridized carbons (Fsp3) is 0.421. The van der Waals surface area contributed by atoms with Crippen molar-refractivity contribution >= 4 is 17.6 Å². The molecule has 0 atom stereocenters.